The Bertz CT molecular complexity index is 1940. The number of rotatable bonds is 21. The first-order chi connectivity index (χ1) is 26.8. The van der Waals surface area contributed by atoms with Gasteiger partial charge < -0.3 is 33.2 Å². The molecule has 306 valence electrons. The van der Waals surface area contributed by atoms with E-state index in [9.17, 15) is 18.0 Å². The molecular weight excluding hydrogens is 784 g/mol. The molecule has 2 aromatic heterocycles. The molecule has 5 rings (SSSR count). The van der Waals surface area contributed by atoms with Gasteiger partial charge in [-0.05, 0) is 75.6 Å². The van der Waals surface area contributed by atoms with Crippen LogP contribution in [0.1, 0.15) is 51.4 Å². The molecule has 0 bridgehead atoms. The Balaban J connectivity index is 1.14. The number of anilines is 1. The van der Waals surface area contributed by atoms with Crippen molar-refractivity contribution in [1.29, 1.82) is 0 Å². The first-order valence-corrected chi connectivity index (χ1v) is 21.6. The smallest absolute Gasteiger partial charge is 0.422 e. The zero-order chi connectivity index (χ0) is 40.2. The Morgan fingerprint density at radius 3 is 2.38 bits per heavy atom. The fourth-order valence-corrected chi connectivity index (χ4v) is 8.69. The minimum Gasteiger partial charge on any atom is -0.443 e. The third-order valence-electron chi connectivity index (χ3n) is 9.22. The first-order valence-electron chi connectivity index (χ1n) is 18.6. The Morgan fingerprint density at radius 1 is 1.02 bits per heavy atom. The molecule has 2 aliphatic rings. The lowest BCUT2D eigenvalue weighted by molar-refractivity contribution is -0.124. The fourth-order valence-electron chi connectivity index (χ4n) is 6.71. The predicted molar refractivity (Wildman–Crippen MR) is 215 cm³/mol. The van der Waals surface area contributed by atoms with Gasteiger partial charge in [-0.2, -0.15) is 24.5 Å². The number of halogens is 1. The number of benzene rings is 1. The van der Waals surface area contributed by atoms with Gasteiger partial charge in [0.25, 0.3) is 0 Å². The third-order valence-corrected chi connectivity index (χ3v) is 12.0. The summed E-state index contributed by atoms with van der Waals surface area (Å²) in [6.45, 7) is 9.73. The van der Waals surface area contributed by atoms with Crippen molar-refractivity contribution in [2.45, 2.75) is 64.1 Å². The van der Waals surface area contributed by atoms with Crippen LogP contribution in [-0.4, -0.2) is 122 Å². The van der Waals surface area contributed by atoms with E-state index in [0.717, 1.165) is 34.5 Å². The number of hydrogen-bond acceptors (Lipinski definition) is 12. The third kappa shape index (κ3) is 11.6. The molecule has 15 nitrogen and oxygen atoms in total. The molecule has 1 fully saturated rings. The van der Waals surface area contributed by atoms with Crippen molar-refractivity contribution in [2.75, 3.05) is 82.4 Å². The molecule has 0 aliphatic carbocycles. The number of aryl methyl sites for hydroxylation is 1. The van der Waals surface area contributed by atoms with Gasteiger partial charge in [0.15, 0.2) is 0 Å². The molecule has 2 aliphatic heterocycles. The van der Waals surface area contributed by atoms with Crippen LogP contribution in [-0.2, 0) is 57.2 Å². The normalized spacial score (nSPS) is 15.7. The molecule has 2 amide bonds. The van der Waals surface area contributed by atoms with Crippen LogP contribution in [0.2, 0.25) is 5.02 Å². The molecule has 4 heterocycles. The van der Waals surface area contributed by atoms with Gasteiger partial charge >= 0.3 is 16.3 Å². The van der Waals surface area contributed by atoms with Crippen molar-refractivity contribution in [3.05, 3.63) is 53.1 Å². The van der Waals surface area contributed by atoms with E-state index in [4.69, 9.17) is 46.7 Å². The minimum atomic E-state index is -4.19. The quantitative estimate of drug-likeness (QED) is 0.118. The molecule has 1 spiro atoms. The van der Waals surface area contributed by atoms with Crippen LogP contribution in [0, 0.1) is 12.3 Å². The average molecular weight is 835 g/mol. The summed E-state index contributed by atoms with van der Waals surface area (Å²) in [6, 6.07) is 7.44. The van der Waals surface area contributed by atoms with E-state index in [2.05, 4.69) is 15.5 Å². The van der Waals surface area contributed by atoms with E-state index in [1.54, 1.807) is 49.8 Å². The predicted octanol–water partition coefficient (Wildman–Crippen LogP) is 4.56. The second kappa shape index (κ2) is 20.3. The molecule has 1 saturated heterocycles. The number of nitrogens with zero attached hydrogens (tertiary/aromatic N) is 5. The number of piperidine rings is 1. The lowest BCUT2D eigenvalue weighted by Gasteiger charge is -2.37. The maximum atomic E-state index is 14.5. The van der Waals surface area contributed by atoms with E-state index in [1.165, 1.54) is 4.31 Å². The molecule has 18 heteroatoms. The SMILES string of the molecule is C#CCOCCOCCOCCOCCSCCCn1c(CN2C(=O)C3(CCN(S(=O)(=O)NC(=O)OC(C)(C)C)CC3)c3ccncc32)nc2cc(Cl)ccc21. The first kappa shape index (κ1) is 43.6. The second-order valence-electron chi connectivity index (χ2n) is 14.2. The van der Waals surface area contributed by atoms with Gasteiger partial charge in [0, 0.05) is 36.6 Å². The van der Waals surface area contributed by atoms with Gasteiger partial charge in [0.1, 0.15) is 18.0 Å². The number of pyridine rings is 1. The van der Waals surface area contributed by atoms with Gasteiger partial charge in [0.05, 0.1) is 81.1 Å². The minimum absolute atomic E-state index is 0.0357. The number of carbonyl (C=O) groups is 2. The molecule has 1 N–H and O–H groups in total. The van der Waals surface area contributed by atoms with Crippen molar-refractivity contribution >= 4 is 62.3 Å². The maximum absolute atomic E-state index is 14.5. The molecule has 56 heavy (non-hydrogen) atoms. The van der Waals surface area contributed by atoms with Gasteiger partial charge in [-0.3, -0.25) is 9.78 Å². The monoisotopic (exact) mass is 834 g/mol. The molecule has 0 saturated carbocycles. The number of ether oxygens (including phenoxy) is 5. The van der Waals surface area contributed by atoms with Crippen molar-refractivity contribution in [2.24, 2.45) is 0 Å². The van der Waals surface area contributed by atoms with Gasteiger partial charge in [-0.1, -0.05) is 17.5 Å². The number of nitrogens with one attached hydrogen (secondary N) is 1. The van der Waals surface area contributed by atoms with Crippen LogP contribution < -0.4 is 9.62 Å². The summed E-state index contributed by atoms with van der Waals surface area (Å²) in [5.41, 5.74) is 1.32. The molecule has 0 radical (unpaired) electrons. The molecule has 1 aromatic carbocycles. The fraction of sp³-hybridized carbons (Fsp3) is 0.579. The lowest BCUT2D eigenvalue weighted by Crippen LogP contribution is -2.53. The highest BCUT2D eigenvalue weighted by atomic mass is 35.5. The molecule has 3 aromatic rings. The number of imidazole rings is 1. The van der Waals surface area contributed by atoms with Crippen molar-refractivity contribution < 1.29 is 41.7 Å². The van der Waals surface area contributed by atoms with E-state index in [0.29, 0.717) is 69.3 Å². The summed E-state index contributed by atoms with van der Waals surface area (Å²) in [5.74, 6) is 4.72. The van der Waals surface area contributed by atoms with Crippen molar-refractivity contribution in [3.8, 4) is 12.3 Å². The average Bonchev–Trinajstić information content (AvgIpc) is 3.59. The summed E-state index contributed by atoms with van der Waals surface area (Å²) in [5, 5.41) is 0.568. The number of fused-ring (bicyclic) bond motifs is 3. The number of carbonyl (C=O) groups excluding carboxylic acids is 2. The van der Waals surface area contributed by atoms with Crippen LogP contribution >= 0.6 is 23.4 Å². The number of terminal acetylenes is 1. The topological polar surface area (TPSA) is 164 Å². The summed E-state index contributed by atoms with van der Waals surface area (Å²) in [4.78, 5) is 37.8. The van der Waals surface area contributed by atoms with Crippen molar-refractivity contribution in [3.63, 3.8) is 0 Å². The van der Waals surface area contributed by atoms with Crippen LogP contribution in [0.3, 0.4) is 0 Å². The van der Waals surface area contributed by atoms with Crippen LogP contribution in [0.15, 0.2) is 36.7 Å². The second-order valence-corrected chi connectivity index (χ2v) is 17.6. The highest BCUT2D eigenvalue weighted by Crippen LogP contribution is 2.48. The Kier molecular flexibility index (Phi) is 15.8. The Labute approximate surface area is 338 Å². The molecule has 0 atom stereocenters. The summed E-state index contributed by atoms with van der Waals surface area (Å²) in [6.07, 6.45) is 8.73. The van der Waals surface area contributed by atoms with Crippen LogP contribution in [0.5, 0.6) is 0 Å². The summed E-state index contributed by atoms with van der Waals surface area (Å²) >= 11 is 8.16. The van der Waals surface area contributed by atoms with E-state index >= 15 is 0 Å². The number of aromatic nitrogens is 3. The van der Waals surface area contributed by atoms with Gasteiger partial charge in [-0.15, -0.1) is 6.42 Å². The molecule has 0 unspecified atom stereocenters. The van der Waals surface area contributed by atoms with Gasteiger partial charge in [-0.25, -0.2) is 14.5 Å². The highest BCUT2D eigenvalue weighted by molar-refractivity contribution is 7.99. The van der Waals surface area contributed by atoms with E-state index in [-0.39, 0.29) is 45.0 Å². The Hall–Kier alpha value is -3.47. The molecular formula is C38H51ClN6O9S2. The zero-order valence-electron chi connectivity index (χ0n) is 32.2. The van der Waals surface area contributed by atoms with Crippen LogP contribution in [0.4, 0.5) is 10.5 Å². The van der Waals surface area contributed by atoms with Crippen LogP contribution in [0.25, 0.3) is 11.0 Å². The highest BCUT2D eigenvalue weighted by Gasteiger charge is 2.53. The Morgan fingerprint density at radius 2 is 1.70 bits per heavy atom. The largest absolute Gasteiger partial charge is 0.443 e. The lowest BCUT2D eigenvalue weighted by atomic mass is 9.74. The summed E-state index contributed by atoms with van der Waals surface area (Å²) < 4.78 is 58.4. The zero-order valence-corrected chi connectivity index (χ0v) is 34.6. The van der Waals surface area contributed by atoms with E-state index < -0.39 is 27.3 Å². The van der Waals surface area contributed by atoms with Crippen molar-refractivity contribution in [1.82, 2.24) is 23.6 Å². The summed E-state index contributed by atoms with van der Waals surface area (Å²) in [7, 11) is -4.19. The standard InChI is InChI=1S/C38H51ClN6O9S2/c1-5-16-50-17-18-51-19-20-52-21-22-53-23-25-55-24-6-13-44-32-8-7-29(39)26-31(32)41-34(44)28-45-33-27-40-12-9-30(33)38(35(45)46)10-14-43(15-11-38)56(48,49)42-36(47)54-37(2,3)4/h1,7-9,12,26-27H,6,10-11,13-25,28H2,2-4H3,(H,42,47). The number of thioether (sulfide) groups is 1. The van der Waals surface area contributed by atoms with Gasteiger partial charge in [0.2, 0.25) is 5.91 Å². The maximum Gasteiger partial charge on any atom is 0.422 e. The van der Waals surface area contributed by atoms with E-state index in [1.807, 2.05) is 29.0 Å². The number of hydrogen-bond donors (Lipinski definition) is 1. The number of amides is 2.